The molecule has 1 aliphatic rings. The number of aryl methyl sites for hydroxylation is 1. The summed E-state index contributed by atoms with van der Waals surface area (Å²) in [5, 5.41) is 0.571. The Bertz CT molecular complexity index is 1200. The van der Waals surface area contributed by atoms with Gasteiger partial charge in [0.25, 0.3) is 0 Å². The molecule has 0 N–H and O–H groups in total. The van der Waals surface area contributed by atoms with Gasteiger partial charge in [0.15, 0.2) is 9.84 Å². The van der Waals surface area contributed by atoms with Crippen molar-refractivity contribution in [2.75, 3.05) is 11.4 Å². The van der Waals surface area contributed by atoms with E-state index < -0.39 is 20.5 Å². The molecule has 0 fully saturated rings. The van der Waals surface area contributed by atoms with Crippen LogP contribution in [-0.2, 0) is 16.4 Å². The summed E-state index contributed by atoms with van der Waals surface area (Å²) >= 11 is 6.48. The summed E-state index contributed by atoms with van der Waals surface area (Å²) < 4.78 is 26.9. The smallest absolute Gasteiger partial charge is 0.227 e. The van der Waals surface area contributed by atoms with Gasteiger partial charge in [-0.2, -0.15) is 0 Å². The predicted molar refractivity (Wildman–Crippen MR) is 117 cm³/mol. The van der Waals surface area contributed by atoms with Crippen molar-refractivity contribution >= 4 is 38.3 Å². The van der Waals surface area contributed by atoms with E-state index in [-0.39, 0.29) is 0 Å². The second-order valence-corrected chi connectivity index (χ2v) is 11.2. The third kappa shape index (κ3) is 3.60. The van der Waals surface area contributed by atoms with Gasteiger partial charge in [0, 0.05) is 18.5 Å². The lowest BCUT2D eigenvalue weighted by atomic mass is 9.91. The lowest BCUT2D eigenvalue weighted by Crippen LogP contribution is -2.43. The van der Waals surface area contributed by atoms with Crippen molar-refractivity contribution in [2.24, 2.45) is 5.41 Å². The molecule has 1 atom stereocenters. The standard InChI is InChI=1S/C22H24ClN3O2S/c1-14-9-10-17-16(11-14)20(23)25-21(24-17)26-12-15-7-5-6-8-18(15)29(27,28)19(13-26)22(2,3)4/h5-11,19H,12-13H2,1-4H3. The van der Waals surface area contributed by atoms with Crippen LogP contribution in [-0.4, -0.2) is 30.2 Å². The molecule has 4 rings (SSSR count). The van der Waals surface area contributed by atoms with Crippen LogP contribution in [0.1, 0.15) is 31.9 Å². The first kappa shape index (κ1) is 20.1. The third-order valence-electron chi connectivity index (χ3n) is 5.44. The molecule has 0 bridgehead atoms. The number of anilines is 1. The maximum Gasteiger partial charge on any atom is 0.227 e. The summed E-state index contributed by atoms with van der Waals surface area (Å²) in [7, 11) is -3.51. The van der Waals surface area contributed by atoms with Gasteiger partial charge in [-0.05, 0) is 36.1 Å². The van der Waals surface area contributed by atoms with Gasteiger partial charge in [0.1, 0.15) is 5.15 Å². The van der Waals surface area contributed by atoms with Crippen LogP contribution < -0.4 is 4.90 Å². The van der Waals surface area contributed by atoms with Crippen LogP contribution in [0.5, 0.6) is 0 Å². The van der Waals surface area contributed by atoms with Crippen molar-refractivity contribution in [3.8, 4) is 0 Å². The second kappa shape index (κ2) is 6.96. The molecule has 1 aliphatic heterocycles. The largest absolute Gasteiger partial charge is 0.335 e. The van der Waals surface area contributed by atoms with E-state index in [1.54, 1.807) is 12.1 Å². The predicted octanol–water partition coefficient (Wildman–Crippen LogP) is 4.80. The number of rotatable bonds is 1. The maximum absolute atomic E-state index is 13.5. The second-order valence-electron chi connectivity index (χ2n) is 8.72. The van der Waals surface area contributed by atoms with Crippen LogP contribution in [0.4, 0.5) is 5.95 Å². The molecule has 5 nitrogen and oxygen atoms in total. The van der Waals surface area contributed by atoms with Crippen molar-refractivity contribution in [1.82, 2.24) is 9.97 Å². The molecule has 0 spiro atoms. The Morgan fingerprint density at radius 3 is 2.55 bits per heavy atom. The third-order valence-corrected chi connectivity index (χ3v) is 8.35. The summed E-state index contributed by atoms with van der Waals surface area (Å²) in [5.74, 6) is 0.451. The number of sulfone groups is 1. The number of nitrogens with zero attached hydrogens (tertiary/aromatic N) is 3. The van der Waals surface area contributed by atoms with Crippen molar-refractivity contribution in [2.45, 2.75) is 44.4 Å². The van der Waals surface area contributed by atoms with E-state index in [0.29, 0.717) is 29.1 Å². The fourth-order valence-corrected chi connectivity index (χ4v) is 6.47. The summed E-state index contributed by atoms with van der Waals surface area (Å²) in [6.45, 7) is 8.58. The minimum absolute atomic E-state index is 0.300. The van der Waals surface area contributed by atoms with Crippen molar-refractivity contribution in [3.05, 3.63) is 58.7 Å². The fraction of sp³-hybridized carbons (Fsp3) is 0.364. The van der Waals surface area contributed by atoms with E-state index in [4.69, 9.17) is 16.6 Å². The summed E-state index contributed by atoms with van der Waals surface area (Å²) in [6, 6.07) is 13.1. The first-order valence-corrected chi connectivity index (χ1v) is 11.5. The highest BCUT2D eigenvalue weighted by Gasteiger charge is 2.42. The Hall–Kier alpha value is -2.18. The molecule has 7 heteroatoms. The highest BCUT2D eigenvalue weighted by molar-refractivity contribution is 7.92. The van der Waals surface area contributed by atoms with Crippen molar-refractivity contribution in [3.63, 3.8) is 0 Å². The molecule has 2 heterocycles. The highest BCUT2D eigenvalue weighted by atomic mass is 35.5. The molecule has 1 unspecified atom stereocenters. The maximum atomic E-state index is 13.5. The van der Waals surface area contributed by atoms with Gasteiger partial charge in [-0.15, -0.1) is 0 Å². The molecule has 1 aromatic heterocycles. The van der Waals surface area contributed by atoms with Crippen molar-refractivity contribution < 1.29 is 8.42 Å². The van der Waals surface area contributed by atoms with Gasteiger partial charge in [0.2, 0.25) is 5.95 Å². The zero-order chi connectivity index (χ0) is 21.0. The summed E-state index contributed by atoms with van der Waals surface area (Å²) in [6.07, 6.45) is 0. The van der Waals surface area contributed by atoms with E-state index in [2.05, 4.69) is 4.98 Å². The Labute approximate surface area is 176 Å². The van der Waals surface area contributed by atoms with Crippen LogP contribution in [0, 0.1) is 12.3 Å². The minimum atomic E-state index is -3.51. The Morgan fingerprint density at radius 1 is 1.10 bits per heavy atom. The molecule has 0 aliphatic carbocycles. The number of halogens is 1. The molecular weight excluding hydrogens is 406 g/mol. The van der Waals surface area contributed by atoms with E-state index in [1.807, 2.05) is 62.9 Å². The van der Waals surface area contributed by atoms with E-state index in [1.165, 1.54) is 0 Å². The van der Waals surface area contributed by atoms with E-state index in [9.17, 15) is 8.42 Å². The SMILES string of the molecule is Cc1ccc2nc(N3Cc4ccccc4S(=O)(=O)C(C(C)(C)C)C3)nc(Cl)c2c1. The number of aromatic nitrogens is 2. The lowest BCUT2D eigenvalue weighted by molar-refractivity contribution is 0.376. The van der Waals surface area contributed by atoms with Crippen LogP contribution in [0.25, 0.3) is 10.9 Å². The summed E-state index contributed by atoms with van der Waals surface area (Å²) in [5.41, 5.74) is 2.13. The minimum Gasteiger partial charge on any atom is -0.335 e. The zero-order valence-electron chi connectivity index (χ0n) is 17.0. The highest BCUT2D eigenvalue weighted by Crippen LogP contribution is 2.37. The first-order chi connectivity index (χ1) is 13.6. The molecule has 29 heavy (non-hydrogen) atoms. The van der Waals surface area contributed by atoms with E-state index >= 15 is 0 Å². The Kier molecular flexibility index (Phi) is 4.82. The first-order valence-electron chi connectivity index (χ1n) is 9.58. The van der Waals surface area contributed by atoms with Gasteiger partial charge in [-0.3, -0.25) is 0 Å². The molecule has 0 saturated carbocycles. The molecular formula is C22H24ClN3O2S. The van der Waals surface area contributed by atoms with Gasteiger partial charge < -0.3 is 4.90 Å². The average molecular weight is 430 g/mol. The fourth-order valence-electron chi connectivity index (χ4n) is 3.86. The van der Waals surface area contributed by atoms with Gasteiger partial charge in [-0.25, -0.2) is 18.4 Å². The molecule has 0 amide bonds. The molecule has 3 aromatic rings. The topological polar surface area (TPSA) is 63.2 Å². The van der Waals surface area contributed by atoms with Crippen molar-refractivity contribution in [1.29, 1.82) is 0 Å². The van der Waals surface area contributed by atoms with Crippen LogP contribution in [0.2, 0.25) is 5.15 Å². The quantitative estimate of drug-likeness (QED) is 0.520. The van der Waals surface area contributed by atoms with Crippen LogP contribution in [0.3, 0.4) is 0 Å². The number of benzene rings is 2. The van der Waals surface area contributed by atoms with Crippen LogP contribution >= 0.6 is 11.6 Å². The Balaban J connectivity index is 1.89. The summed E-state index contributed by atoms with van der Waals surface area (Å²) in [4.78, 5) is 11.6. The monoisotopic (exact) mass is 429 g/mol. The average Bonchev–Trinajstić information content (AvgIpc) is 2.76. The van der Waals surface area contributed by atoms with Gasteiger partial charge in [0.05, 0.1) is 15.7 Å². The molecule has 0 saturated heterocycles. The lowest BCUT2D eigenvalue weighted by Gasteiger charge is -2.32. The Morgan fingerprint density at radius 2 is 1.83 bits per heavy atom. The normalized spacial score (nSPS) is 19.1. The molecule has 152 valence electrons. The van der Waals surface area contributed by atoms with Gasteiger partial charge >= 0.3 is 0 Å². The zero-order valence-corrected chi connectivity index (χ0v) is 18.5. The number of hydrogen-bond donors (Lipinski definition) is 0. The number of hydrogen-bond acceptors (Lipinski definition) is 5. The molecule has 2 aromatic carbocycles. The van der Waals surface area contributed by atoms with Crippen LogP contribution in [0.15, 0.2) is 47.4 Å². The van der Waals surface area contributed by atoms with Gasteiger partial charge in [-0.1, -0.05) is 62.2 Å². The number of fused-ring (bicyclic) bond motifs is 2. The van der Waals surface area contributed by atoms with E-state index in [0.717, 1.165) is 22.0 Å². The molecule has 0 radical (unpaired) electrons.